The number of nitrogens with zero attached hydrogens (tertiary/aromatic N) is 4. The molecule has 6 heteroatoms. The third-order valence-corrected chi connectivity index (χ3v) is 5.52. The number of anilines is 3. The average molecular weight is 365 g/mol. The van der Waals surface area contributed by atoms with Crippen LogP contribution in [0.5, 0.6) is 0 Å². The molecule has 142 valence electrons. The molecule has 2 fully saturated rings. The summed E-state index contributed by atoms with van der Waals surface area (Å²) in [4.78, 5) is 25.8. The van der Waals surface area contributed by atoms with Crippen LogP contribution in [-0.2, 0) is 4.79 Å². The van der Waals surface area contributed by atoms with Gasteiger partial charge in [0.1, 0.15) is 5.82 Å². The molecule has 6 nitrogen and oxygen atoms in total. The van der Waals surface area contributed by atoms with Gasteiger partial charge in [0.25, 0.3) is 0 Å². The monoisotopic (exact) mass is 365 g/mol. The number of carbonyl (C=O) groups is 1. The van der Waals surface area contributed by atoms with E-state index in [-0.39, 0.29) is 11.8 Å². The van der Waals surface area contributed by atoms with Gasteiger partial charge in [0.15, 0.2) is 0 Å². The molecule has 2 aliphatic rings. The molecule has 3 heterocycles. The largest absolute Gasteiger partial charge is 0.372 e. The highest BCUT2D eigenvalue weighted by atomic mass is 16.1. The zero-order valence-corrected chi connectivity index (χ0v) is 15.7. The Kier molecular flexibility index (Phi) is 5.51. The Bertz CT molecular complexity index is 743. The molecule has 1 atom stereocenters. The highest BCUT2D eigenvalue weighted by Crippen LogP contribution is 2.24. The fourth-order valence-electron chi connectivity index (χ4n) is 4.01. The van der Waals surface area contributed by atoms with Gasteiger partial charge in [-0.05, 0) is 56.4 Å². The van der Waals surface area contributed by atoms with E-state index in [9.17, 15) is 4.79 Å². The Morgan fingerprint density at radius 1 is 0.963 bits per heavy atom. The van der Waals surface area contributed by atoms with E-state index in [1.165, 1.54) is 24.9 Å². The van der Waals surface area contributed by atoms with Crippen molar-refractivity contribution in [3.8, 4) is 0 Å². The van der Waals surface area contributed by atoms with Crippen molar-refractivity contribution in [3.63, 3.8) is 0 Å². The minimum atomic E-state index is -0.0254. The van der Waals surface area contributed by atoms with E-state index in [4.69, 9.17) is 0 Å². The van der Waals surface area contributed by atoms with Gasteiger partial charge in [0.05, 0.1) is 12.1 Å². The van der Waals surface area contributed by atoms with Gasteiger partial charge in [-0.2, -0.15) is 0 Å². The molecule has 1 N–H and O–H groups in total. The maximum absolute atomic E-state index is 12.7. The van der Waals surface area contributed by atoms with Crippen LogP contribution in [0.1, 0.15) is 32.1 Å². The predicted octanol–water partition coefficient (Wildman–Crippen LogP) is 3.32. The van der Waals surface area contributed by atoms with E-state index < -0.39 is 0 Å². The van der Waals surface area contributed by atoms with Crippen molar-refractivity contribution in [3.05, 3.63) is 42.9 Å². The number of benzene rings is 1. The highest BCUT2D eigenvalue weighted by molar-refractivity contribution is 5.93. The van der Waals surface area contributed by atoms with E-state index in [1.54, 1.807) is 18.6 Å². The Morgan fingerprint density at radius 2 is 1.74 bits per heavy atom. The van der Waals surface area contributed by atoms with Gasteiger partial charge in [-0.25, -0.2) is 4.98 Å². The van der Waals surface area contributed by atoms with Crippen molar-refractivity contribution in [2.75, 3.05) is 41.3 Å². The van der Waals surface area contributed by atoms with Crippen LogP contribution in [0.25, 0.3) is 0 Å². The second kappa shape index (κ2) is 8.37. The first kappa shape index (κ1) is 17.8. The molecule has 4 rings (SSSR count). The second-order valence-electron chi connectivity index (χ2n) is 7.43. The van der Waals surface area contributed by atoms with Crippen LogP contribution in [0, 0.1) is 5.92 Å². The lowest BCUT2D eigenvalue weighted by atomic mass is 9.97. The summed E-state index contributed by atoms with van der Waals surface area (Å²) in [6, 6.07) is 8.28. The number of hydrogen-bond donors (Lipinski definition) is 1. The Morgan fingerprint density at radius 3 is 2.48 bits per heavy atom. The highest BCUT2D eigenvalue weighted by Gasteiger charge is 2.26. The average Bonchev–Trinajstić information content (AvgIpc) is 2.75. The van der Waals surface area contributed by atoms with Crippen LogP contribution < -0.4 is 15.1 Å². The van der Waals surface area contributed by atoms with E-state index in [1.807, 2.05) is 12.1 Å². The SMILES string of the molecule is O=C(Nc1ccc(N2CCCCC2)cc1)[C@@H]1CCCN(c2cnccn2)C1. The topological polar surface area (TPSA) is 61.4 Å². The lowest BCUT2D eigenvalue weighted by Gasteiger charge is -2.32. The van der Waals surface area contributed by atoms with Crippen molar-refractivity contribution in [2.45, 2.75) is 32.1 Å². The molecular formula is C21H27N5O. The number of rotatable bonds is 4. The summed E-state index contributed by atoms with van der Waals surface area (Å²) in [6.45, 7) is 3.88. The van der Waals surface area contributed by atoms with Gasteiger partial charge in [0, 0.05) is 49.9 Å². The zero-order chi connectivity index (χ0) is 18.5. The molecule has 27 heavy (non-hydrogen) atoms. The van der Waals surface area contributed by atoms with Crippen molar-refractivity contribution < 1.29 is 4.79 Å². The quantitative estimate of drug-likeness (QED) is 0.901. The van der Waals surface area contributed by atoms with Gasteiger partial charge in [0.2, 0.25) is 5.91 Å². The van der Waals surface area contributed by atoms with E-state index in [0.29, 0.717) is 6.54 Å². The number of carbonyl (C=O) groups excluding carboxylic acids is 1. The third kappa shape index (κ3) is 4.38. The summed E-state index contributed by atoms with van der Waals surface area (Å²) in [7, 11) is 0. The second-order valence-corrected chi connectivity index (χ2v) is 7.43. The smallest absolute Gasteiger partial charge is 0.229 e. The van der Waals surface area contributed by atoms with E-state index in [2.05, 4.69) is 37.2 Å². The fourth-order valence-corrected chi connectivity index (χ4v) is 4.01. The van der Waals surface area contributed by atoms with Gasteiger partial charge in [-0.1, -0.05) is 0 Å². The third-order valence-electron chi connectivity index (χ3n) is 5.52. The van der Waals surface area contributed by atoms with Crippen LogP contribution >= 0.6 is 0 Å². The first-order chi connectivity index (χ1) is 13.3. The fraction of sp³-hybridized carbons (Fsp3) is 0.476. The van der Waals surface area contributed by atoms with Crippen molar-refractivity contribution in [1.29, 1.82) is 0 Å². The molecule has 0 bridgehead atoms. The van der Waals surface area contributed by atoms with Gasteiger partial charge < -0.3 is 15.1 Å². The summed E-state index contributed by atoms with van der Waals surface area (Å²) < 4.78 is 0. The Labute approximate surface area is 160 Å². The van der Waals surface area contributed by atoms with Gasteiger partial charge >= 0.3 is 0 Å². The number of hydrogen-bond acceptors (Lipinski definition) is 5. The van der Waals surface area contributed by atoms with Gasteiger partial charge in [-0.15, -0.1) is 0 Å². The first-order valence-corrected chi connectivity index (χ1v) is 9.96. The van der Waals surface area contributed by atoms with E-state index in [0.717, 1.165) is 44.0 Å². The first-order valence-electron chi connectivity index (χ1n) is 9.96. The zero-order valence-electron chi connectivity index (χ0n) is 15.7. The standard InChI is InChI=1S/C21H27N5O/c27-21(17-5-4-14-26(16-17)20-15-22-10-11-23-20)24-18-6-8-19(9-7-18)25-12-2-1-3-13-25/h6-11,15,17H,1-5,12-14,16H2,(H,24,27)/t17-/m1/s1. The van der Waals surface area contributed by atoms with Crippen LogP contribution in [0.4, 0.5) is 17.2 Å². The minimum absolute atomic E-state index is 0.0254. The molecule has 2 saturated heterocycles. The lowest BCUT2D eigenvalue weighted by Crippen LogP contribution is -2.41. The molecule has 0 saturated carbocycles. The lowest BCUT2D eigenvalue weighted by molar-refractivity contribution is -0.120. The Hall–Kier alpha value is -2.63. The summed E-state index contributed by atoms with van der Waals surface area (Å²) in [5.41, 5.74) is 2.12. The van der Waals surface area contributed by atoms with Crippen molar-refractivity contribution >= 4 is 23.1 Å². The predicted molar refractivity (Wildman–Crippen MR) is 108 cm³/mol. The number of aromatic nitrogens is 2. The summed E-state index contributed by atoms with van der Waals surface area (Å²) in [5, 5.41) is 3.09. The molecule has 2 aromatic rings. The van der Waals surface area contributed by atoms with Crippen LogP contribution in [0.15, 0.2) is 42.9 Å². The number of piperidine rings is 2. The molecule has 0 spiro atoms. The maximum atomic E-state index is 12.7. The van der Waals surface area contributed by atoms with Crippen LogP contribution in [0.2, 0.25) is 0 Å². The van der Waals surface area contributed by atoms with E-state index >= 15 is 0 Å². The summed E-state index contributed by atoms with van der Waals surface area (Å²) >= 11 is 0. The van der Waals surface area contributed by atoms with Crippen molar-refractivity contribution in [2.24, 2.45) is 5.92 Å². The molecule has 1 amide bonds. The molecule has 1 aromatic carbocycles. The van der Waals surface area contributed by atoms with Crippen LogP contribution in [0.3, 0.4) is 0 Å². The molecule has 0 aliphatic carbocycles. The van der Waals surface area contributed by atoms with Crippen molar-refractivity contribution in [1.82, 2.24) is 9.97 Å². The Balaban J connectivity index is 1.35. The molecule has 1 aromatic heterocycles. The maximum Gasteiger partial charge on any atom is 0.229 e. The van der Waals surface area contributed by atoms with Crippen LogP contribution in [-0.4, -0.2) is 42.1 Å². The minimum Gasteiger partial charge on any atom is -0.372 e. The number of amides is 1. The molecular weight excluding hydrogens is 338 g/mol. The molecule has 0 unspecified atom stereocenters. The summed E-state index contributed by atoms with van der Waals surface area (Å²) in [5.74, 6) is 0.915. The number of nitrogens with one attached hydrogen (secondary N) is 1. The normalized spacial score (nSPS) is 20.4. The summed E-state index contributed by atoms with van der Waals surface area (Å²) in [6.07, 6.45) is 10.9. The molecule has 0 radical (unpaired) electrons. The van der Waals surface area contributed by atoms with Gasteiger partial charge in [-0.3, -0.25) is 9.78 Å². The molecule has 2 aliphatic heterocycles.